The van der Waals surface area contributed by atoms with Crippen molar-refractivity contribution in [3.05, 3.63) is 62.8 Å². The van der Waals surface area contributed by atoms with E-state index >= 15 is 0 Å². The van der Waals surface area contributed by atoms with Gasteiger partial charge in [-0.15, -0.1) is 0 Å². The first-order valence-corrected chi connectivity index (χ1v) is 8.64. The molecule has 2 aromatic rings. The second kappa shape index (κ2) is 7.24. The van der Waals surface area contributed by atoms with Gasteiger partial charge < -0.3 is 15.2 Å². The highest BCUT2D eigenvalue weighted by Gasteiger charge is 2.56. The summed E-state index contributed by atoms with van der Waals surface area (Å²) in [5, 5.41) is 20.6. The van der Waals surface area contributed by atoms with Crippen molar-refractivity contribution in [3.8, 4) is 5.75 Å². The predicted octanol–water partition coefficient (Wildman–Crippen LogP) is 4.04. The Kier molecular flexibility index (Phi) is 5.67. The van der Waals surface area contributed by atoms with Gasteiger partial charge in [0.15, 0.2) is 11.0 Å². The highest BCUT2D eigenvalue weighted by Crippen LogP contribution is 2.44. The average molecular weight is 401 g/mol. The molecule has 0 radical (unpaired) electrons. The fourth-order valence-corrected chi connectivity index (χ4v) is 3.42. The Balaban J connectivity index is 2.50. The molecule has 28 heavy (non-hydrogen) atoms. The van der Waals surface area contributed by atoms with E-state index in [0.717, 1.165) is 18.2 Å². The number of phenols is 1. The summed E-state index contributed by atoms with van der Waals surface area (Å²) >= 11 is 0. The number of halogens is 4. The van der Waals surface area contributed by atoms with Crippen LogP contribution >= 0.6 is 0 Å². The van der Waals surface area contributed by atoms with E-state index in [2.05, 4.69) is 4.98 Å². The van der Waals surface area contributed by atoms with Crippen LogP contribution in [0.4, 0.5) is 17.6 Å². The maximum absolute atomic E-state index is 13.8. The highest BCUT2D eigenvalue weighted by atomic mass is 19.4. The second-order valence-electron chi connectivity index (χ2n) is 7.83. The maximum atomic E-state index is 13.8. The monoisotopic (exact) mass is 401 g/mol. The molecular formula is C20H23F4NO3. The van der Waals surface area contributed by atoms with E-state index < -0.39 is 41.3 Å². The summed E-state index contributed by atoms with van der Waals surface area (Å²) in [5.41, 5.74) is -4.68. The standard InChI is InChI=1S/C20H23F4NO3/c1-11-9-25-15(12(2)17(11)27)8-19(28,20(22,23)24)10-18(3,4)14-7-13(21)5-6-16(14)26/h5-7,9,26,28H,8,10H2,1-4H3,(H,25,27). The van der Waals surface area contributed by atoms with E-state index in [9.17, 15) is 32.6 Å². The Bertz CT molecular complexity index is 934. The van der Waals surface area contributed by atoms with Gasteiger partial charge in [-0.3, -0.25) is 4.79 Å². The minimum absolute atomic E-state index is 0.0327. The van der Waals surface area contributed by atoms with Crippen LogP contribution in [0.5, 0.6) is 5.75 Å². The van der Waals surface area contributed by atoms with E-state index in [4.69, 9.17) is 0 Å². The lowest BCUT2D eigenvalue weighted by Crippen LogP contribution is -2.51. The number of nitrogens with one attached hydrogen (secondary N) is 1. The van der Waals surface area contributed by atoms with Crippen molar-refractivity contribution in [2.24, 2.45) is 0 Å². The van der Waals surface area contributed by atoms with Crippen LogP contribution in [0.3, 0.4) is 0 Å². The molecule has 0 aliphatic carbocycles. The van der Waals surface area contributed by atoms with Gasteiger partial charge in [-0.05, 0) is 43.9 Å². The van der Waals surface area contributed by atoms with Gasteiger partial charge in [0.2, 0.25) is 0 Å². The molecule has 2 rings (SSSR count). The topological polar surface area (TPSA) is 73.3 Å². The number of aryl methyl sites for hydroxylation is 1. The van der Waals surface area contributed by atoms with Gasteiger partial charge >= 0.3 is 6.18 Å². The number of pyridine rings is 1. The van der Waals surface area contributed by atoms with Gasteiger partial charge in [-0.25, -0.2) is 4.39 Å². The number of alkyl halides is 3. The third kappa shape index (κ3) is 4.22. The SMILES string of the molecule is Cc1c[nH]c(CC(O)(CC(C)(C)c2cc(F)ccc2O)C(F)(F)F)c(C)c1=O. The van der Waals surface area contributed by atoms with Crippen molar-refractivity contribution in [2.45, 2.75) is 57.7 Å². The van der Waals surface area contributed by atoms with Crippen LogP contribution < -0.4 is 5.43 Å². The summed E-state index contributed by atoms with van der Waals surface area (Å²) < 4.78 is 55.1. The lowest BCUT2D eigenvalue weighted by molar-refractivity contribution is -0.266. The normalized spacial score (nSPS) is 14.8. The van der Waals surface area contributed by atoms with Gasteiger partial charge in [-0.1, -0.05) is 13.8 Å². The van der Waals surface area contributed by atoms with Crippen molar-refractivity contribution >= 4 is 0 Å². The molecule has 1 heterocycles. The van der Waals surface area contributed by atoms with E-state index in [1.165, 1.54) is 33.9 Å². The number of H-pyrrole nitrogens is 1. The Hall–Kier alpha value is -2.35. The molecule has 0 spiro atoms. The minimum Gasteiger partial charge on any atom is -0.508 e. The molecule has 1 aromatic carbocycles. The summed E-state index contributed by atoms with van der Waals surface area (Å²) in [6.07, 6.45) is -5.46. The van der Waals surface area contributed by atoms with E-state index in [1.54, 1.807) is 0 Å². The molecule has 4 nitrogen and oxygen atoms in total. The van der Waals surface area contributed by atoms with Gasteiger partial charge in [-0.2, -0.15) is 13.2 Å². The molecular weight excluding hydrogens is 378 g/mol. The molecule has 0 fully saturated rings. The second-order valence-corrected chi connectivity index (χ2v) is 7.83. The quantitative estimate of drug-likeness (QED) is 0.662. The number of benzene rings is 1. The predicted molar refractivity (Wildman–Crippen MR) is 97.0 cm³/mol. The summed E-state index contributed by atoms with van der Waals surface area (Å²) in [6, 6.07) is 3.00. The molecule has 3 N–H and O–H groups in total. The number of hydrogen-bond donors (Lipinski definition) is 3. The first kappa shape index (κ1) is 21.9. The maximum Gasteiger partial charge on any atom is 0.417 e. The van der Waals surface area contributed by atoms with Crippen molar-refractivity contribution in [1.82, 2.24) is 4.98 Å². The summed E-state index contributed by atoms with van der Waals surface area (Å²) in [4.78, 5) is 14.7. The Morgan fingerprint density at radius 3 is 2.32 bits per heavy atom. The zero-order chi connectivity index (χ0) is 21.5. The molecule has 0 amide bonds. The molecule has 154 valence electrons. The smallest absolute Gasteiger partial charge is 0.417 e. The van der Waals surface area contributed by atoms with Crippen molar-refractivity contribution in [2.75, 3.05) is 0 Å². The molecule has 1 atom stereocenters. The third-order valence-corrected chi connectivity index (χ3v) is 5.03. The fraction of sp³-hybridized carbons (Fsp3) is 0.450. The number of phenolic OH excluding ortho intramolecular Hbond substituents is 1. The lowest BCUT2D eigenvalue weighted by atomic mass is 9.73. The van der Waals surface area contributed by atoms with E-state index in [1.807, 2.05) is 0 Å². The molecule has 0 aliphatic heterocycles. The van der Waals surface area contributed by atoms with Crippen LogP contribution in [0.2, 0.25) is 0 Å². The summed E-state index contributed by atoms with van der Waals surface area (Å²) in [7, 11) is 0. The molecule has 1 unspecified atom stereocenters. The van der Waals surface area contributed by atoms with Crippen molar-refractivity contribution in [3.63, 3.8) is 0 Å². The lowest BCUT2D eigenvalue weighted by Gasteiger charge is -2.38. The summed E-state index contributed by atoms with van der Waals surface area (Å²) in [5.74, 6) is -1.08. The molecule has 0 bridgehead atoms. The highest BCUT2D eigenvalue weighted by molar-refractivity contribution is 5.39. The average Bonchev–Trinajstić information content (AvgIpc) is 2.56. The van der Waals surface area contributed by atoms with E-state index in [-0.39, 0.29) is 22.6 Å². The van der Waals surface area contributed by atoms with Gasteiger partial charge in [0.05, 0.1) is 0 Å². The molecule has 0 saturated heterocycles. The van der Waals surface area contributed by atoms with Crippen LogP contribution in [0.15, 0.2) is 29.2 Å². The largest absolute Gasteiger partial charge is 0.508 e. The number of hydrogen-bond acceptors (Lipinski definition) is 3. The number of aliphatic hydroxyl groups is 1. The molecule has 1 aromatic heterocycles. The number of rotatable bonds is 5. The van der Waals surface area contributed by atoms with Crippen molar-refractivity contribution in [1.29, 1.82) is 0 Å². The van der Waals surface area contributed by atoms with Crippen LogP contribution in [0, 0.1) is 19.7 Å². The Labute approximate surface area is 159 Å². The van der Waals surface area contributed by atoms with Crippen LogP contribution in [0.1, 0.15) is 42.7 Å². The van der Waals surface area contributed by atoms with Crippen LogP contribution in [-0.4, -0.2) is 27.0 Å². The van der Waals surface area contributed by atoms with Crippen molar-refractivity contribution < 1.29 is 27.8 Å². The van der Waals surface area contributed by atoms with Gasteiger partial charge in [0.1, 0.15) is 11.6 Å². The first-order chi connectivity index (χ1) is 12.7. The summed E-state index contributed by atoms with van der Waals surface area (Å²) in [6.45, 7) is 5.68. The van der Waals surface area contributed by atoms with Gasteiger partial charge in [0, 0.05) is 35.0 Å². The number of aromatic nitrogens is 1. The Morgan fingerprint density at radius 1 is 1.14 bits per heavy atom. The zero-order valence-corrected chi connectivity index (χ0v) is 16.0. The molecule has 0 saturated carbocycles. The van der Waals surface area contributed by atoms with Crippen LogP contribution in [-0.2, 0) is 11.8 Å². The van der Waals surface area contributed by atoms with Gasteiger partial charge in [0.25, 0.3) is 0 Å². The minimum atomic E-state index is -5.03. The third-order valence-electron chi connectivity index (χ3n) is 5.03. The zero-order valence-electron chi connectivity index (χ0n) is 16.0. The fourth-order valence-electron chi connectivity index (χ4n) is 3.42. The molecule has 8 heteroatoms. The molecule has 0 aliphatic rings. The number of aromatic hydroxyl groups is 1. The van der Waals surface area contributed by atoms with E-state index in [0.29, 0.717) is 5.56 Å². The first-order valence-electron chi connectivity index (χ1n) is 8.64. The number of aromatic amines is 1. The van der Waals surface area contributed by atoms with Crippen LogP contribution in [0.25, 0.3) is 0 Å². The Morgan fingerprint density at radius 2 is 1.75 bits per heavy atom.